The van der Waals surface area contributed by atoms with Crippen molar-refractivity contribution in [1.29, 1.82) is 0 Å². The van der Waals surface area contributed by atoms with Gasteiger partial charge in [0.15, 0.2) is 0 Å². The van der Waals surface area contributed by atoms with Gasteiger partial charge in [0, 0.05) is 25.8 Å². The summed E-state index contributed by atoms with van der Waals surface area (Å²) in [5.74, 6) is -0.739. The fraction of sp³-hybridized carbons (Fsp3) is 0.222. The van der Waals surface area contributed by atoms with Crippen LogP contribution in [0.25, 0.3) is 6.08 Å². The second kappa shape index (κ2) is 8.38. The predicted octanol–water partition coefficient (Wildman–Crippen LogP) is 3.50. The number of carbonyl (C=O) groups excluding carboxylic acids is 3. The highest BCUT2D eigenvalue weighted by atomic mass is 35.5. The van der Waals surface area contributed by atoms with E-state index in [1.54, 1.807) is 36.9 Å². The molecule has 0 saturated carbocycles. The van der Waals surface area contributed by atoms with Gasteiger partial charge >= 0.3 is 0 Å². The van der Waals surface area contributed by atoms with Gasteiger partial charge in [0.05, 0.1) is 26.7 Å². The number of rotatable bonds is 5. The highest BCUT2D eigenvalue weighted by Crippen LogP contribution is 2.34. The van der Waals surface area contributed by atoms with Crippen LogP contribution in [0.15, 0.2) is 29.3 Å². The molecule has 1 fully saturated rings. The number of imide groups is 1. The zero-order valence-corrected chi connectivity index (χ0v) is 17.4. The SMILES string of the molecule is Cc1c(C(=O)NCCN2C(=O)S/C(=C\c3cccc(Cl)c3Cl)C2=O)cnn1C. The van der Waals surface area contributed by atoms with Crippen molar-refractivity contribution in [1.82, 2.24) is 20.0 Å². The molecule has 1 saturated heterocycles. The van der Waals surface area contributed by atoms with E-state index in [9.17, 15) is 14.4 Å². The van der Waals surface area contributed by atoms with Crippen LogP contribution in [-0.2, 0) is 11.8 Å². The van der Waals surface area contributed by atoms with E-state index < -0.39 is 11.1 Å². The zero-order chi connectivity index (χ0) is 20.4. The maximum atomic E-state index is 12.5. The van der Waals surface area contributed by atoms with Crippen LogP contribution in [-0.4, -0.2) is 44.8 Å². The van der Waals surface area contributed by atoms with Crippen molar-refractivity contribution in [3.05, 3.63) is 56.2 Å². The monoisotopic (exact) mass is 438 g/mol. The number of hydrogen-bond acceptors (Lipinski definition) is 5. The Morgan fingerprint density at radius 2 is 2.07 bits per heavy atom. The minimum absolute atomic E-state index is 0.0658. The first-order chi connectivity index (χ1) is 13.3. The third kappa shape index (κ3) is 4.09. The number of hydrogen-bond donors (Lipinski definition) is 1. The van der Waals surface area contributed by atoms with Gasteiger partial charge in [-0.15, -0.1) is 0 Å². The van der Waals surface area contributed by atoms with Crippen LogP contribution in [0, 0.1) is 6.92 Å². The van der Waals surface area contributed by atoms with Crippen molar-refractivity contribution in [2.45, 2.75) is 6.92 Å². The molecule has 3 rings (SSSR count). The average molecular weight is 439 g/mol. The lowest BCUT2D eigenvalue weighted by Crippen LogP contribution is -2.37. The summed E-state index contributed by atoms with van der Waals surface area (Å²) in [7, 11) is 1.74. The fourth-order valence-electron chi connectivity index (χ4n) is 2.56. The van der Waals surface area contributed by atoms with Crippen LogP contribution in [0.5, 0.6) is 0 Å². The van der Waals surface area contributed by atoms with Gasteiger partial charge in [0.25, 0.3) is 17.1 Å². The molecular formula is C18H16Cl2N4O3S. The maximum Gasteiger partial charge on any atom is 0.293 e. The van der Waals surface area contributed by atoms with E-state index in [0.717, 1.165) is 22.4 Å². The molecule has 28 heavy (non-hydrogen) atoms. The highest BCUT2D eigenvalue weighted by Gasteiger charge is 2.34. The van der Waals surface area contributed by atoms with Gasteiger partial charge in [-0.25, -0.2) is 0 Å². The minimum atomic E-state index is -0.433. The summed E-state index contributed by atoms with van der Waals surface area (Å²) in [6.07, 6.45) is 3.01. The Morgan fingerprint density at radius 1 is 1.32 bits per heavy atom. The third-order valence-corrected chi connectivity index (χ3v) is 5.98. The Labute approximate surface area is 175 Å². The molecule has 0 radical (unpaired) electrons. The van der Waals surface area contributed by atoms with Crippen molar-refractivity contribution in [2.24, 2.45) is 7.05 Å². The third-order valence-electron chi connectivity index (χ3n) is 4.24. The molecule has 2 heterocycles. The molecule has 1 aliphatic rings. The second-order valence-electron chi connectivity index (χ2n) is 6.00. The van der Waals surface area contributed by atoms with Gasteiger partial charge in [-0.3, -0.25) is 24.0 Å². The van der Waals surface area contributed by atoms with Crippen molar-refractivity contribution in [3.63, 3.8) is 0 Å². The van der Waals surface area contributed by atoms with Crippen LogP contribution >= 0.6 is 35.0 Å². The Hall–Kier alpha value is -2.29. The summed E-state index contributed by atoms with van der Waals surface area (Å²) in [5.41, 5.74) is 1.73. The minimum Gasteiger partial charge on any atom is -0.350 e. The Morgan fingerprint density at radius 3 is 2.75 bits per heavy atom. The van der Waals surface area contributed by atoms with Crippen LogP contribution < -0.4 is 5.32 Å². The summed E-state index contributed by atoms with van der Waals surface area (Å²) in [4.78, 5) is 38.3. The molecule has 10 heteroatoms. The second-order valence-corrected chi connectivity index (χ2v) is 7.78. The number of nitrogens with one attached hydrogen (secondary N) is 1. The lowest BCUT2D eigenvalue weighted by atomic mass is 10.2. The van der Waals surface area contributed by atoms with Crippen LogP contribution in [0.2, 0.25) is 10.0 Å². The smallest absolute Gasteiger partial charge is 0.293 e. The molecule has 1 aromatic carbocycles. The lowest BCUT2D eigenvalue weighted by molar-refractivity contribution is -0.122. The molecule has 2 aromatic rings. The predicted molar refractivity (Wildman–Crippen MR) is 109 cm³/mol. The molecule has 0 aliphatic carbocycles. The quantitative estimate of drug-likeness (QED) is 0.721. The first kappa shape index (κ1) is 20.4. The van der Waals surface area contributed by atoms with Crippen molar-refractivity contribution in [3.8, 4) is 0 Å². The van der Waals surface area contributed by atoms with Crippen LogP contribution in [0.1, 0.15) is 21.6 Å². The van der Waals surface area contributed by atoms with Crippen molar-refractivity contribution in [2.75, 3.05) is 13.1 Å². The lowest BCUT2D eigenvalue weighted by Gasteiger charge is -2.13. The Kier molecular flexibility index (Phi) is 6.12. The topological polar surface area (TPSA) is 84.3 Å². The standard InChI is InChI=1S/C18H16Cl2N4O3S/c1-10-12(9-22-23(10)2)16(25)21-6-7-24-17(26)14(28-18(24)27)8-11-4-3-5-13(19)15(11)20/h3-5,8-9H,6-7H2,1-2H3,(H,21,25)/b14-8-. The molecule has 0 atom stereocenters. The van der Waals surface area contributed by atoms with E-state index in [1.807, 2.05) is 0 Å². The van der Waals surface area contributed by atoms with E-state index in [0.29, 0.717) is 21.2 Å². The molecule has 1 N–H and O–H groups in total. The van der Waals surface area contributed by atoms with Crippen molar-refractivity contribution < 1.29 is 14.4 Å². The summed E-state index contributed by atoms with van der Waals surface area (Å²) in [5, 5.41) is 6.99. The molecule has 0 spiro atoms. The van der Waals surface area contributed by atoms with Gasteiger partial charge in [-0.1, -0.05) is 35.3 Å². The normalized spacial score (nSPS) is 15.6. The van der Waals surface area contributed by atoms with E-state index in [2.05, 4.69) is 10.4 Å². The molecule has 1 aromatic heterocycles. The molecule has 0 unspecified atom stereocenters. The van der Waals surface area contributed by atoms with Gasteiger partial charge in [0.2, 0.25) is 0 Å². The number of benzene rings is 1. The number of thioether (sulfide) groups is 1. The number of nitrogens with zero attached hydrogens (tertiary/aromatic N) is 3. The number of carbonyl (C=O) groups is 3. The molecule has 3 amide bonds. The van der Waals surface area contributed by atoms with E-state index >= 15 is 0 Å². The summed E-state index contributed by atoms with van der Waals surface area (Å²) < 4.78 is 1.59. The van der Waals surface area contributed by atoms with E-state index in [-0.39, 0.29) is 23.9 Å². The van der Waals surface area contributed by atoms with E-state index in [1.165, 1.54) is 12.3 Å². The van der Waals surface area contributed by atoms with Crippen LogP contribution in [0.4, 0.5) is 4.79 Å². The molecule has 0 bridgehead atoms. The number of aryl methyl sites for hydroxylation is 1. The van der Waals surface area contributed by atoms with Gasteiger partial charge in [-0.2, -0.15) is 5.10 Å². The zero-order valence-electron chi connectivity index (χ0n) is 15.0. The highest BCUT2D eigenvalue weighted by molar-refractivity contribution is 8.18. The molecule has 146 valence electrons. The maximum absolute atomic E-state index is 12.5. The Bertz CT molecular complexity index is 1000. The number of amides is 3. The van der Waals surface area contributed by atoms with Crippen LogP contribution in [0.3, 0.4) is 0 Å². The fourth-order valence-corrected chi connectivity index (χ4v) is 3.78. The summed E-state index contributed by atoms with van der Waals surface area (Å²) >= 11 is 12.9. The average Bonchev–Trinajstić information content (AvgIpc) is 3.12. The Balaban J connectivity index is 1.64. The number of halogens is 2. The molecular weight excluding hydrogens is 423 g/mol. The number of aromatic nitrogens is 2. The first-order valence-corrected chi connectivity index (χ1v) is 9.83. The molecule has 7 nitrogen and oxygen atoms in total. The van der Waals surface area contributed by atoms with Gasteiger partial charge < -0.3 is 5.32 Å². The van der Waals surface area contributed by atoms with Gasteiger partial charge in [0.1, 0.15) is 0 Å². The van der Waals surface area contributed by atoms with E-state index in [4.69, 9.17) is 23.2 Å². The van der Waals surface area contributed by atoms with Crippen molar-refractivity contribution >= 4 is 58.1 Å². The largest absolute Gasteiger partial charge is 0.350 e. The summed E-state index contributed by atoms with van der Waals surface area (Å²) in [6, 6.07) is 5.05. The van der Waals surface area contributed by atoms with Gasteiger partial charge in [-0.05, 0) is 36.4 Å². The molecule has 1 aliphatic heterocycles. The summed E-state index contributed by atoms with van der Waals surface area (Å²) in [6.45, 7) is 1.98. The first-order valence-electron chi connectivity index (χ1n) is 8.25.